The summed E-state index contributed by atoms with van der Waals surface area (Å²) in [5, 5.41) is 6.66. The molecule has 3 amide bonds. The standard InChI is InChI=1S/C35H43ClN4O7S/c1-4-5-6-7-8-9-10-11-12-16-23-48(45,46)26-19-20-28(27(36)24-26)37-32(42)30(40-33(43)35(2,3)47-34(40)44)31(41)29-21-22-39(38-29)25-17-14-13-15-18-25/h13-15,17-22,24,30H,4-12,16,23H2,1-3H3,(H,37,42). The predicted molar refractivity (Wildman–Crippen MR) is 183 cm³/mol. The van der Waals surface area contributed by atoms with Gasteiger partial charge in [-0.25, -0.2) is 22.8 Å². The van der Waals surface area contributed by atoms with Crippen molar-refractivity contribution in [1.29, 1.82) is 0 Å². The average Bonchev–Trinajstić information content (AvgIpc) is 3.62. The van der Waals surface area contributed by atoms with Crippen LogP contribution in [0.25, 0.3) is 5.69 Å². The van der Waals surface area contributed by atoms with Gasteiger partial charge in [0, 0.05) is 6.20 Å². The van der Waals surface area contributed by atoms with E-state index >= 15 is 0 Å². The third kappa shape index (κ3) is 9.10. The molecule has 0 saturated carbocycles. The van der Waals surface area contributed by atoms with Crippen LogP contribution >= 0.6 is 11.6 Å². The van der Waals surface area contributed by atoms with Crippen molar-refractivity contribution in [2.24, 2.45) is 0 Å². The molecule has 2 heterocycles. The van der Waals surface area contributed by atoms with Gasteiger partial charge in [0.2, 0.25) is 5.78 Å². The molecule has 0 spiro atoms. The Morgan fingerprint density at radius 1 is 0.917 bits per heavy atom. The quantitative estimate of drug-likeness (QED) is 0.0837. The van der Waals surface area contributed by atoms with Crippen LogP contribution in [0.1, 0.15) is 95.5 Å². The first-order chi connectivity index (χ1) is 22.9. The minimum atomic E-state index is -3.64. The van der Waals surface area contributed by atoms with Crippen LogP contribution in [0.15, 0.2) is 65.7 Å². The molecule has 4 rings (SSSR count). The van der Waals surface area contributed by atoms with E-state index in [2.05, 4.69) is 17.3 Å². The van der Waals surface area contributed by atoms with E-state index in [-0.39, 0.29) is 27.1 Å². The number of carbonyl (C=O) groups excluding carboxylic acids is 4. The first-order valence-electron chi connectivity index (χ1n) is 16.4. The second-order valence-corrected chi connectivity index (χ2v) is 14.9. The average molecular weight is 699 g/mol. The molecule has 1 N–H and O–H groups in total. The molecule has 3 aromatic rings. The lowest BCUT2D eigenvalue weighted by Gasteiger charge is -2.22. The van der Waals surface area contributed by atoms with Crippen molar-refractivity contribution in [1.82, 2.24) is 14.7 Å². The number of sulfone groups is 1. The zero-order valence-electron chi connectivity index (χ0n) is 27.6. The molecule has 1 saturated heterocycles. The van der Waals surface area contributed by atoms with E-state index in [9.17, 15) is 27.6 Å². The van der Waals surface area contributed by atoms with E-state index in [1.807, 2.05) is 6.07 Å². The number of nitrogens with one attached hydrogen (secondary N) is 1. The third-order valence-corrected chi connectivity index (χ3v) is 10.3. The van der Waals surface area contributed by atoms with Gasteiger partial charge >= 0.3 is 6.09 Å². The van der Waals surface area contributed by atoms with Crippen molar-refractivity contribution < 1.29 is 32.3 Å². The Kier molecular flexibility index (Phi) is 12.6. The number of unbranched alkanes of at least 4 members (excludes halogenated alkanes) is 9. The van der Waals surface area contributed by atoms with Gasteiger partial charge in [-0.15, -0.1) is 0 Å². The fourth-order valence-electron chi connectivity index (χ4n) is 5.47. The van der Waals surface area contributed by atoms with E-state index in [1.54, 1.807) is 24.3 Å². The third-order valence-electron chi connectivity index (χ3n) is 8.21. The number of anilines is 1. The molecule has 1 aromatic heterocycles. The maximum atomic E-state index is 13.8. The highest BCUT2D eigenvalue weighted by atomic mass is 35.5. The number of Topliss-reactive ketones (excluding diaryl/α,β-unsaturated/α-hetero) is 1. The summed E-state index contributed by atoms with van der Waals surface area (Å²) < 4.78 is 32.6. The Hall–Kier alpha value is -4.03. The summed E-state index contributed by atoms with van der Waals surface area (Å²) in [6.07, 6.45) is 11.1. The van der Waals surface area contributed by atoms with Crippen LogP contribution < -0.4 is 5.32 Å². The van der Waals surface area contributed by atoms with E-state index in [0.29, 0.717) is 17.0 Å². The maximum Gasteiger partial charge on any atom is 0.418 e. The van der Waals surface area contributed by atoms with Gasteiger partial charge in [-0.1, -0.05) is 94.5 Å². The van der Waals surface area contributed by atoms with E-state index < -0.39 is 45.2 Å². The predicted octanol–water partition coefficient (Wildman–Crippen LogP) is 7.17. The van der Waals surface area contributed by atoms with Crippen LogP contribution in [0, 0.1) is 0 Å². The molecule has 13 heteroatoms. The van der Waals surface area contributed by atoms with E-state index in [4.69, 9.17) is 16.3 Å². The van der Waals surface area contributed by atoms with Gasteiger partial charge in [0.25, 0.3) is 11.8 Å². The molecule has 258 valence electrons. The number of nitrogens with zero attached hydrogens (tertiary/aromatic N) is 3. The van der Waals surface area contributed by atoms with Gasteiger partial charge in [-0.3, -0.25) is 14.4 Å². The Labute approximate surface area is 286 Å². The molecule has 1 fully saturated rings. The van der Waals surface area contributed by atoms with Gasteiger partial charge < -0.3 is 10.1 Å². The summed E-state index contributed by atoms with van der Waals surface area (Å²) in [5.41, 5.74) is -1.15. The Bertz CT molecular complexity index is 1720. The van der Waals surface area contributed by atoms with Crippen molar-refractivity contribution >= 4 is 50.8 Å². The van der Waals surface area contributed by atoms with Gasteiger partial charge in [0.05, 0.1) is 27.0 Å². The normalized spacial score (nSPS) is 15.0. The SMILES string of the molecule is CCCCCCCCCCCCS(=O)(=O)c1ccc(NC(=O)C(C(=O)c2ccn(-c3ccccc3)n2)N2C(=O)OC(C)(C)C2=O)c(Cl)c1. The number of cyclic esters (lactones) is 1. The van der Waals surface area contributed by atoms with Crippen molar-refractivity contribution in [2.45, 2.75) is 102 Å². The maximum absolute atomic E-state index is 13.8. The summed E-state index contributed by atoms with van der Waals surface area (Å²) in [5.74, 6) is -2.91. The highest BCUT2D eigenvalue weighted by molar-refractivity contribution is 7.91. The number of aromatic nitrogens is 2. The zero-order valence-corrected chi connectivity index (χ0v) is 29.2. The molecule has 1 atom stereocenters. The minimum absolute atomic E-state index is 0.000509. The monoisotopic (exact) mass is 698 g/mol. The van der Waals surface area contributed by atoms with Gasteiger partial charge in [0.1, 0.15) is 5.69 Å². The minimum Gasteiger partial charge on any atom is -0.433 e. The van der Waals surface area contributed by atoms with E-state index in [1.165, 1.54) is 81.1 Å². The molecule has 0 aliphatic carbocycles. The molecule has 1 aliphatic heterocycles. The number of ketones is 1. The number of amides is 3. The van der Waals surface area contributed by atoms with Gasteiger partial charge in [-0.05, 0) is 56.7 Å². The highest BCUT2D eigenvalue weighted by Crippen LogP contribution is 2.30. The van der Waals surface area contributed by atoms with Crippen molar-refractivity contribution in [3.63, 3.8) is 0 Å². The van der Waals surface area contributed by atoms with E-state index in [0.717, 1.165) is 25.7 Å². The number of hydrogen-bond acceptors (Lipinski definition) is 8. The summed E-state index contributed by atoms with van der Waals surface area (Å²) in [6.45, 7) is 4.89. The summed E-state index contributed by atoms with van der Waals surface area (Å²) in [4.78, 5) is 53.9. The molecule has 1 unspecified atom stereocenters. The highest BCUT2D eigenvalue weighted by Gasteiger charge is 2.54. The second kappa shape index (κ2) is 16.4. The van der Waals surface area contributed by atoms with Crippen molar-refractivity contribution in [3.8, 4) is 5.69 Å². The zero-order chi connectivity index (χ0) is 34.9. The topological polar surface area (TPSA) is 145 Å². The molecule has 48 heavy (non-hydrogen) atoms. The molecule has 0 bridgehead atoms. The van der Waals surface area contributed by atoms with Crippen molar-refractivity contribution in [3.05, 3.63) is 71.5 Å². The van der Waals surface area contributed by atoms with Crippen LogP contribution in [0.3, 0.4) is 0 Å². The Morgan fingerprint density at radius 2 is 1.54 bits per heavy atom. The number of ether oxygens (including phenoxy) is 1. The first-order valence-corrected chi connectivity index (χ1v) is 18.4. The first kappa shape index (κ1) is 36.8. The molecule has 2 aromatic carbocycles. The lowest BCUT2D eigenvalue weighted by Crippen LogP contribution is -2.53. The summed E-state index contributed by atoms with van der Waals surface area (Å²) in [6, 6.07) is 12.2. The van der Waals surface area contributed by atoms with Crippen LogP contribution in [0.4, 0.5) is 10.5 Å². The number of imide groups is 1. The Balaban J connectivity index is 1.45. The molecular weight excluding hydrogens is 656 g/mol. The van der Waals surface area contributed by atoms with Crippen LogP contribution in [-0.2, 0) is 24.2 Å². The molecule has 0 radical (unpaired) electrons. The molecule has 11 nitrogen and oxygen atoms in total. The number of carbonyl (C=O) groups is 4. The summed E-state index contributed by atoms with van der Waals surface area (Å²) in [7, 11) is -3.64. The fraction of sp³-hybridized carbons (Fsp3) is 0.457. The van der Waals surface area contributed by atoms with Gasteiger partial charge in [-0.2, -0.15) is 5.10 Å². The fourth-order valence-corrected chi connectivity index (χ4v) is 7.15. The second-order valence-electron chi connectivity index (χ2n) is 12.4. The van der Waals surface area contributed by atoms with Crippen LogP contribution in [0.5, 0.6) is 0 Å². The molecular formula is C35H43ClN4O7S. The van der Waals surface area contributed by atoms with Crippen molar-refractivity contribution in [2.75, 3.05) is 11.1 Å². The lowest BCUT2D eigenvalue weighted by molar-refractivity contribution is -0.137. The number of para-hydroxylation sites is 1. The molecule has 1 aliphatic rings. The van der Waals surface area contributed by atoms with Crippen LogP contribution in [-0.4, -0.2) is 64.2 Å². The largest absolute Gasteiger partial charge is 0.433 e. The smallest absolute Gasteiger partial charge is 0.418 e. The number of benzene rings is 2. The lowest BCUT2D eigenvalue weighted by atomic mass is 10.0. The summed E-state index contributed by atoms with van der Waals surface area (Å²) >= 11 is 6.43. The Morgan fingerprint density at radius 3 is 2.12 bits per heavy atom. The number of rotatable bonds is 18. The van der Waals surface area contributed by atoms with Gasteiger partial charge in [0.15, 0.2) is 21.5 Å². The number of hydrogen-bond donors (Lipinski definition) is 1. The van der Waals surface area contributed by atoms with Crippen LogP contribution in [0.2, 0.25) is 5.02 Å². The number of halogens is 1.